The Morgan fingerprint density at radius 3 is 2.67 bits per heavy atom. The number of carbonyl (C=O) groups excluding carboxylic acids is 1. The van der Waals surface area contributed by atoms with Gasteiger partial charge in [0.15, 0.2) is 0 Å². The Kier molecular flexibility index (Phi) is 4.84. The molecule has 1 aromatic rings. The second kappa shape index (κ2) is 6.19. The van der Waals surface area contributed by atoms with Gasteiger partial charge >= 0.3 is 5.97 Å². The first-order chi connectivity index (χ1) is 7.24. The Hall–Kier alpha value is -1.35. The molecule has 1 N–H and O–H groups in total. The number of hydrogen-bond donors (Lipinski definition) is 1. The van der Waals surface area contributed by atoms with Crippen LogP contribution in [0.3, 0.4) is 0 Å². The normalized spacial score (nSPS) is 12.1. The summed E-state index contributed by atoms with van der Waals surface area (Å²) in [5.74, 6) is -0.494. The molecule has 3 heteroatoms. The van der Waals surface area contributed by atoms with Crippen LogP contribution in [-0.2, 0) is 16.1 Å². The van der Waals surface area contributed by atoms with Gasteiger partial charge in [-0.1, -0.05) is 37.3 Å². The van der Waals surface area contributed by atoms with E-state index in [0.717, 1.165) is 5.56 Å². The van der Waals surface area contributed by atoms with Gasteiger partial charge in [-0.2, -0.15) is 0 Å². The lowest BCUT2D eigenvalue weighted by atomic mass is 10.1. The van der Waals surface area contributed by atoms with Crippen LogP contribution in [0.5, 0.6) is 0 Å². The number of carbonyl (C=O) groups is 1. The van der Waals surface area contributed by atoms with Crippen molar-refractivity contribution in [2.45, 2.75) is 20.0 Å². The first-order valence-electron chi connectivity index (χ1n) is 5.05. The van der Waals surface area contributed by atoms with Gasteiger partial charge in [0, 0.05) is 6.61 Å². The van der Waals surface area contributed by atoms with Crippen LogP contribution in [0.1, 0.15) is 18.9 Å². The zero-order valence-corrected chi connectivity index (χ0v) is 8.85. The molecule has 0 aromatic heterocycles. The summed E-state index contributed by atoms with van der Waals surface area (Å²) in [5.41, 5.74) is 0.974. The molecule has 0 spiro atoms. The molecule has 1 rings (SSSR count). The second-order valence-electron chi connectivity index (χ2n) is 3.51. The maximum atomic E-state index is 11.4. The number of ether oxygens (including phenoxy) is 1. The molecule has 0 amide bonds. The molecule has 3 nitrogen and oxygen atoms in total. The summed E-state index contributed by atoms with van der Waals surface area (Å²) in [4.78, 5) is 11.4. The van der Waals surface area contributed by atoms with Gasteiger partial charge in [0.05, 0.1) is 5.92 Å². The van der Waals surface area contributed by atoms with E-state index >= 15 is 0 Å². The lowest BCUT2D eigenvalue weighted by Crippen LogP contribution is -2.15. The average molecular weight is 208 g/mol. The van der Waals surface area contributed by atoms with E-state index in [2.05, 4.69) is 0 Å². The molecule has 0 radical (unpaired) electrons. The van der Waals surface area contributed by atoms with Gasteiger partial charge in [-0.3, -0.25) is 4.79 Å². The molecule has 0 saturated carbocycles. The van der Waals surface area contributed by atoms with Gasteiger partial charge < -0.3 is 9.84 Å². The molecular weight excluding hydrogens is 192 g/mol. The second-order valence-corrected chi connectivity index (χ2v) is 3.51. The minimum Gasteiger partial charge on any atom is -0.461 e. The Bertz CT molecular complexity index is 295. The molecule has 0 bridgehead atoms. The highest BCUT2D eigenvalue weighted by atomic mass is 16.5. The first-order valence-corrected chi connectivity index (χ1v) is 5.05. The van der Waals surface area contributed by atoms with Crippen LogP contribution in [0.2, 0.25) is 0 Å². The first kappa shape index (κ1) is 11.7. The van der Waals surface area contributed by atoms with Gasteiger partial charge in [0.25, 0.3) is 0 Å². The molecule has 0 aliphatic heterocycles. The van der Waals surface area contributed by atoms with Crippen molar-refractivity contribution in [3.05, 3.63) is 35.9 Å². The van der Waals surface area contributed by atoms with Crippen molar-refractivity contribution in [3.8, 4) is 0 Å². The Morgan fingerprint density at radius 1 is 1.40 bits per heavy atom. The SMILES string of the molecule is C[C@@H](CCO)C(=O)OCc1ccccc1. The number of esters is 1. The summed E-state index contributed by atoms with van der Waals surface area (Å²) >= 11 is 0. The molecule has 1 atom stereocenters. The van der Waals surface area contributed by atoms with Crippen molar-refractivity contribution in [1.82, 2.24) is 0 Å². The summed E-state index contributed by atoms with van der Waals surface area (Å²) in [5, 5.41) is 8.66. The fourth-order valence-corrected chi connectivity index (χ4v) is 1.18. The number of rotatable bonds is 5. The molecule has 0 saturated heterocycles. The van der Waals surface area contributed by atoms with Crippen LogP contribution in [0, 0.1) is 5.92 Å². The molecule has 0 fully saturated rings. The quantitative estimate of drug-likeness (QED) is 0.750. The van der Waals surface area contributed by atoms with E-state index in [1.165, 1.54) is 0 Å². The van der Waals surface area contributed by atoms with Crippen LogP contribution in [-0.4, -0.2) is 17.7 Å². The molecule has 0 aliphatic carbocycles. The van der Waals surface area contributed by atoms with Crippen LogP contribution in [0.4, 0.5) is 0 Å². The molecule has 0 aliphatic rings. The molecular formula is C12H16O3. The van der Waals surface area contributed by atoms with Crippen molar-refractivity contribution >= 4 is 5.97 Å². The van der Waals surface area contributed by atoms with Gasteiger partial charge in [-0.25, -0.2) is 0 Å². The van der Waals surface area contributed by atoms with Crippen LogP contribution >= 0.6 is 0 Å². The largest absolute Gasteiger partial charge is 0.461 e. The third-order valence-corrected chi connectivity index (χ3v) is 2.19. The van der Waals surface area contributed by atoms with Crippen LogP contribution in [0.25, 0.3) is 0 Å². The van der Waals surface area contributed by atoms with Gasteiger partial charge in [-0.05, 0) is 12.0 Å². The van der Waals surface area contributed by atoms with E-state index < -0.39 is 0 Å². The fraction of sp³-hybridized carbons (Fsp3) is 0.417. The Morgan fingerprint density at radius 2 is 2.07 bits per heavy atom. The van der Waals surface area contributed by atoms with Crippen molar-refractivity contribution in [3.63, 3.8) is 0 Å². The summed E-state index contributed by atoms with van der Waals surface area (Å²) in [6, 6.07) is 9.54. The highest BCUT2D eigenvalue weighted by molar-refractivity contribution is 5.71. The molecule has 82 valence electrons. The van der Waals surface area contributed by atoms with Crippen molar-refractivity contribution in [1.29, 1.82) is 0 Å². The smallest absolute Gasteiger partial charge is 0.309 e. The minimum atomic E-state index is -0.257. The van der Waals surface area contributed by atoms with Gasteiger partial charge in [-0.15, -0.1) is 0 Å². The lowest BCUT2D eigenvalue weighted by molar-refractivity contribution is -0.149. The van der Waals surface area contributed by atoms with Gasteiger partial charge in [0.1, 0.15) is 6.61 Å². The highest BCUT2D eigenvalue weighted by Crippen LogP contribution is 2.07. The maximum absolute atomic E-state index is 11.4. The van der Waals surface area contributed by atoms with E-state index in [0.29, 0.717) is 13.0 Å². The maximum Gasteiger partial charge on any atom is 0.309 e. The van der Waals surface area contributed by atoms with E-state index in [4.69, 9.17) is 9.84 Å². The van der Waals surface area contributed by atoms with E-state index in [1.54, 1.807) is 6.92 Å². The Labute approximate surface area is 89.7 Å². The molecule has 0 unspecified atom stereocenters. The zero-order valence-electron chi connectivity index (χ0n) is 8.85. The van der Waals surface area contributed by atoms with Crippen molar-refractivity contribution < 1.29 is 14.6 Å². The summed E-state index contributed by atoms with van der Waals surface area (Å²) in [6.45, 7) is 2.07. The predicted octanol–water partition coefficient (Wildman–Crippen LogP) is 1.75. The third kappa shape index (κ3) is 4.13. The molecule has 0 heterocycles. The number of aliphatic hydroxyl groups is 1. The minimum absolute atomic E-state index is 0.0155. The topological polar surface area (TPSA) is 46.5 Å². The molecule has 1 aromatic carbocycles. The monoisotopic (exact) mass is 208 g/mol. The zero-order chi connectivity index (χ0) is 11.1. The summed E-state index contributed by atoms with van der Waals surface area (Å²) < 4.78 is 5.09. The number of hydrogen-bond acceptors (Lipinski definition) is 3. The average Bonchev–Trinajstić information content (AvgIpc) is 2.27. The number of aliphatic hydroxyl groups excluding tert-OH is 1. The van der Waals surface area contributed by atoms with Crippen molar-refractivity contribution in [2.24, 2.45) is 5.92 Å². The number of benzene rings is 1. The van der Waals surface area contributed by atoms with Crippen LogP contribution < -0.4 is 0 Å². The predicted molar refractivity (Wildman–Crippen MR) is 57.1 cm³/mol. The summed E-state index contributed by atoms with van der Waals surface area (Å²) in [7, 11) is 0. The van der Waals surface area contributed by atoms with E-state index in [-0.39, 0.29) is 18.5 Å². The lowest BCUT2D eigenvalue weighted by Gasteiger charge is -2.09. The fourth-order valence-electron chi connectivity index (χ4n) is 1.18. The summed E-state index contributed by atoms with van der Waals surface area (Å²) in [6.07, 6.45) is 0.452. The van der Waals surface area contributed by atoms with E-state index in [9.17, 15) is 4.79 Å². The third-order valence-electron chi connectivity index (χ3n) is 2.19. The van der Waals surface area contributed by atoms with Crippen molar-refractivity contribution in [2.75, 3.05) is 6.61 Å². The van der Waals surface area contributed by atoms with Crippen LogP contribution in [0.15, 0.2) is 30.3 Å². The molecule has 15 heavy (non-hydrogen) atoms. The van der Waals surface area contributed by atoms with Gasteiger partial charge in [0.2, 0.25) is 0 Å². The Balaban J connectivity index is 2.34. The highest BCUT2D eigenvalue weighted by Gasteiger charge is 2.13. The standard InChI is InChI=1S/C12H16O3/c1-10(7-8-13)12(14)15-9-11-5-3-2-4-6-11/h2-6,10,13H,7-9H2,1H3/t10-/m0/s1. The van der Waals surface area contributed by atoms with E-state index in [1.807, 2.05) is 30.3 Å².